The standard InChI is InChI=1S/C12H16N2O2S/c15-11(16)14-8-12(4-2-1-3-5-12)9(14)10-13-6-7-17-10/h6-7,9H,1-5,8H2,(H,15,16). The summed E-state index contributed by atoms with van der Waals surface area (Å²) >= 11 is 1.58. The highest BCUT2D eigenvalue weighted by Crippen LogP contribution is 2.57. The van der Waals surface area contributed by atoms with Crippen LogP contribution in [0.3, 0.4) is 0 Å². The lowest BCUT2D eigenvalue weighted by atomic mass is 9.63. The summed E-state index contributed by atoms with van der Waals surface area (Å²) in [6.45, 7) is 0.701. The fourth-order valence-corrected chi connectivity index (χ4v) is 4.25. The summed E-state index contributed by atoms with van der Waals surface area (Å²) in [5.74, 6) is 0. The van der Waals surface area contributed by atoms with Gasteiger partial charge in [-0.1, -0.05) is 19.3 Å². The van der Waals surface area contributed by atoms with Crippen LogP contribution in [0.4, 0.5) is 4.79 Å². The Hall–Kier alpha value is -1.10. The van der Waals surface area contributed by atoms with Crippen molar-refractivity contribution in [2.24, 2.45) is 5.41 Å². The van der Waals surface area contributed by atoms with Gasteiger partial charge in [0, 0.05) is 23.5 Å². The summed E-state index contributed by atoms with van der Waals surface area (Å²) < 4.78 is 0. The predicted molar refractivity (Wildman–Crippen MR) is 65.1 cm³/mol. The van der Waals surface area contributed by atoms with Crippen LogP contribution in [-0.4, -0.2) is 27.6 Å². The van der Waals surface area contributed by atoms with Crippen molar-refractivity contribution in [1.29, 1.82) is 0 Å². The summed E-state index contributed by atoms with van der Waals surface area (Å²) in [5.41, 5.74) is 0.189. The Morgan fingerprint density at radius 2 is 2.24 bits per heavy atom. The number of carboxylic acid groups (broad SMARTS) is 1. The normalized spacial score (nSPS) is 26.8. The van der Waals surface area contributed by atoms with Gasteiger partial charge in [-0.3, -0.25) is 4.90 Å². The van der Waals surface area contributed by atoms with Gasteiger partial charge in [0.2, 0.25) is 0 Å². The number of nitrogens with zero attached hydrogens (tertiary/aromatic N) is 2. The van der Waals surface area contributed by atoms with E-state index >= 15 is 0 Å². The summed E-state index contributed by atoms with van der Waals surface area (Å²) in [5, 5.41) is 12.1. The Bertz CT molecular complexity index is 412. The van der Waals surface area contributed by atoms with Gasteiger partial charge >= 0.3 is 6.09 Å². The topological polar surface area (TPSA) is 53.4 Å². The average Bonchev–Trinajstić information content (AvgIpc) is 2.80. The molecule has 3 rings (SSSR count). The molecule has 0 bridgehead atoms. The molecule has 0 aromatic carbocycles. The smallest absolute Gasteiger partial charge is 0.407 e. The molecule has 1 aromatic heterocycles. The van der Waals surface area contributed by atoms with Gasteiger partial charge in [-0.05, 0) is 12.8 Å². The van der Waals surface area contributed by atoms with Crippen molar-refractivity contribution >= 4 is 17.4 Å². The quantitative estimate of drug-likeness (QED) is 0.835. The van der Waals surface area contributed by atoms with Gasteiger partial charge in [0.05, 0.1) is 6.04 Å². The summed E-state index contributed by atoms with van der Waals surface area (Å²) in [7, 11) is 0. The van der Waals surface area contributed by atoms with Crippen molar-refractivity contribution in [3.8, 4) is 0 Å². The molecule has 4 nitrogen and oxygen atoms in total. The van der Waals surface area contributed by atoms with E-state index in [1.165, 1.54) is 19.3 Å². The summed E-state index contributed by atoms with van der Waals surface area (Å²) in [4.78, 5) is 17.1. The molecule has 1 aliphatic heterocycles. The molecule has 2 heterocycles. The third-order valence-electron chi connectivity index (χ3n) is 4.16. The lowest BCUT2D eigenvalue weighted by Gasteiger charge is -2.57. The molecule has 1 saturated carbocycles. The fraction of sp³-hybridized carbons (Fsp3) is 0.667. The highest BCUT2D eigenvalue weighted by Gasteiger charge is 2.56. The van der Waals surface area contributed by atoms with E-state index in [9.17, 15) is 9.90 Å². The first-order valence-corrected chi connectivity index (χ1v) is 7.00. The maximum Gasteiger partial charge on any atom is 0.407 e. The number of aromatic nitrogens is 1. The van der Waals surface area contributed by atoms with Crippen LogP contribution >= 0.6 is 11.3 Å². The second kappa shape index (κ2) is 3.98. The van der Waals surface area contributed by atoms with Crippen molar-refractivity contribution in [2.75, 3.05) is 6.54 Å². The first-order chi connectivity index (χ1) is 8.23. The number of rotatable bonds is 1. The van der Waals surface area contributed by atoms with E-state index in [0.717, 1.165) is 17.8 Å². The molecule has 1 spiro atoms. The molecule has 1 aliphatic carbocycles. The van der Waals surface area contributed by atoms with Gasteiger partial charge in [0.1, 0.15) is 5.01 Å². The maximum atomic E-state index is 11.2. The van der Waals surface area contributed by atoms with Crippen molar-refractivity contribution < 1.29 is 9.90 Å². The molecule has 17 heavy (non-hydrogen) atoms. The monoisotopic (exact) mass is 252 g/mol. The third-order valence-corrected chi connectivity index (χ3v) is 4.99. The molecule has 1 atom stereocenters. The van der Waals surface area contributed by atoms with Crippen molar-refractivity contribution in [2.45, 2.75) is 38.1 Å². The van der Waals surface area contributed by atoms with Crippen LogP contribution in [0.1, 0.15) is 43.2 Å². The van der Waals surface area contributed by atoms with Gasteiger partial charge in [-0.15, -0.1) is 11.3 Å². The van der Waals surface area contributed by atoms with Crippen molar-refractivity contribution in [3.05, 3.63) is 16.6 Å². The third kappa shape index (κ3) is 1.64. The number of hydrogen-bond acceptors (Lipinski definition) is 3. The van der Waals surface area contributed by atoms with E-state index in [1.54, 1.807) is 22.4 Å². The number of hydrogen-bond donors (Lipinski definition) is 1. The van der Waals surface area contributed by atoms with Gasteiger partial charge in [-0.2, -0.15) is 0 Å². The minimum atomic E-state index is -0.804. The highest BCUT2D eigenvalue weighted by atomic mass is 32.1. The predicted octanol–water partition coefficient (Wildman–Crippen LogP) is 3.13. The first kappa shape index (κ1) is 11.0. The molecule has 1 amide bonds. The van der Waals surface area contributed by atoms with Crippen LogP contribution in [0.2, 0.25) is 0 Å². The zero-order valence-electron chi connectivity index (χ0n) is 9.63. The van der Waals surface area contributed by atoms with Gasteiger partial charge in [0.25, 0.3) is 0 Å². The summed E-state index contributed by atoms with van der Waals surface area (Å²) in [6, 6.07) is 0.0142. The Morgan fingerprint density at radius 1 is 1.47 bits per heavy atom. The van der Waals surface area contributed by atoms with E-state index in [4.69, 9.17) is 0 Å². The maximum absolute atomic E-state index is 11.2. The molecule has 0 radical (unpaired) electrons. The SMILES string of the molecule is O=C(O)N1CC2(CCCCC2)C1c1nccs1. The number of likely N-dealkylation sites (tertiary alicyclic amines) is 1. The molecule has 5 heteroatoms. The van der Waals surface area contributed by atoms with Crippen LogP contribution in [0.25, 0.3) is 0 Å². The number of amides is 1. The lowest BCUT2D eigenvalue weighted by Crippen LogP contribution is -2.60. The second-order valence-corrected chi connectivity index (χ2v) is 6.03. The fourth-order valence-electron chi connectivity index (χ4n) is 3.37. The van der Waals surface area contributed by atoms with Crippen LogP contribution < -0.4 is 0 Å². The molecule has 1 aromatic rings. The zero-order valence-corrected chi connectivity index (χ0v) is 10.4. The largest absolute Gasteiger partial charge is 0.465 e. The van der Waals surface area contributed by atoms with Gasteiger partial charge in [0.15, 0.2) is 0 Å². The van der Waals surface area contributed by atoms with Crippen LogP contribution in [0.15, 0.2) is 11.6 Å². The molecule has 2 aliphatic rings. The molecule has 1 N–H and O–H groups in total. The van der Waals surface area contributed by atoms with E-state index in [-0.39, 0.29) is 11.5 Å². The van der Waals surface area contributed by atoms with Gasteiger partial charge < -0.3 is 5.11 Å². The van der Waals surface area contributed by atoms with Crippen molar-refractivity contribution in [3.63, 3.8) is 0 Å². The highest BCUT2D eigenvalue weighted by molar-refractivity contribution is 7.09. The minimum absolute atomic E-state index is 0.0142. The van der Waals surface area contributed by atoms with E-state index in [1.807, 2.05) is 5.38 Å². The first-order valence-electron chi connectivity index (χ1n) is 6.12. The molecule has 1 unspecified atom stereocenters. The molecule has 1 saturated heterocycles. The molecule has 2 fully saturated rings. The van der Waals surface area contributed by atoms with Crippen molar-refractivity contribution in [1.82, 2.24) is 9.88 Å². The van der Waals surface area contributed by atoms with Crippen LogP contribution in [0, 0.1) is 5.41 Å². The molecular weight excluding hydrogens is 236 g/mol. The second-order valence-electron chi connectivity index (χ2n) is 5.11. The lowest BCUT2D eigenvalue weighted by molar-refractivity contribution is -0.0815. The Kier molecular flexibility index (Phi) is 2.58. The summed E-state index contributed by atoms with van der Waals surface area (Å²) in [6.07, 6.45) is 7.03. The van der Waals surface area contributed by atoms with Gasteiger partial charge in [-0.25, -0.2) is 9.78 Å². The van der Waals surface area contributed by atoms with E-state index in [0.29, 0.717) is 6.54 Å². The Morgan fingerprint density at radius 3 is 2.82 bits per heavy atom. The molecular formula is C12H16N2O2S. The minimum Gasteiger partial charge on any atom is -0.465 e. The number of thiazole rings is 1. The van der Waals surface area contributed by atoms with Crippen LogP contribution in [0.5, 0.6) is 0 Å². The Labute approximate surface area is 104 Å². The Balaban J connectivity index is 1.89. The average molecular weight is 252 g/mol. The molecule has 92 valence electrons. The van der Waals surface area contributed by atoms with E-state index in [2.05, 4.69) is 4.98 Å². The van der Waals surface area contributed by atoms with E-state index < -0.39 is 6.09 Å². The zero-order chi connectivity index (χ0) is 11.9. The number of carbonyl (C=O) groups is 1. The van der Waals surface area contributed by atoms with Crippen LogP contribution in [-0.2, 0) is 0 Å².